The molecule has 1 heterocycles. The van der Waals surface area contributed by atoms with E-state index in [2.05, 4.69) is 5.32 Å². The van der Waals surface area contributed by atoms with Gasteiger partial charge in [-0.25, -0.2) is 8.78 Å². The fraction of sp³-hybridized carbons (Fsp3) is 0.207. The number of ketones is 1. The number of benzene rings is 3. The molecule has 3 aromatic rings. The predicted octanol–water partition coefficient (Wildman–Crippen LogP) is 6.83. The number of amides is 1. The molecule has 1 N–H and O–H groups in total. The van der Waals surface area contributed by atoms with Gasteiger partial charge in [0.25, 0.3) is 0 Å². The van der Waals surface area contributed by atoms with Crippen LogP contribution in [-0.2, 0) is 9.59 Å². The smallest absolute Gasteiger partial charge is 0.234 e. The summed E-state index contributed by atoms with van der Waals surface area (Å²) in [6, 6.07) is 19.9. The topological polar surface area (TPSA) is 58.5 Å². The van der Waals surface area contributed by atoms with Crippen molar-refractivity contribution in [3.05, 3.63) is 112 Å². The number of rotatable bonds is 4. The third-order valence-corrected chi connectivity index (χ3v) is 7.22. The van der Waals surface area contributed by atoms with Gasteiger partial charge in [-0.05, 0) is 48.6 Å². The highest BCUT2D eigenvalue weighted by atomic mass is 35.5. The normalized spacial score (nSPS) is 21.6. The molecular weight excluding hydrogens is 482 g/mol. The second kappa shape index (κ2) is 9.78. The second-order valence-corrected chi connectivity index (χ2v) is 9.55. The summed E-state index contributed by atoms with van der Waals surface area (Å²) in [6.07, 6.45) is 0.851. The minimum atomic E-state index is -0.898. The van der Waals surface area contributed by atoms with Crippen molar-refractivity contribution in [2.24, 2.45) is 10.9 Å². The van der Waals surface area contributed by atoms with E-state index < -0.39 is 29.4 Å². The number of nitrogens with zero attached hydrogens (tertiary/aromatic N) is 1. The highest BCUT2D eigenvalue weighted by Crippen LogP contribution is 2.48. The summed E-state index contributed by atoms with van der Waals surface area (Å²) >= 11 is 6.57. The van der Waals surface area contributed by atoms with Gasteiger partial charge >= 0.3 is 0 Å². The lowest BCUT2D eigenvalue weighted by atomic mass is 9.69. The molecule has 0 bridgehead atoms. The van der Waals surface area contributed by atoms with E-state index in [9.17, 15) is 18.4 Å². The molecule has 36 heavy (non-hydrogen) atoms. The molecule has 3 aromatic carbocycles. The fourth-order valence-corrected chi connectivity index (χ4v) is 5.48. The Labute approximate surface area is 212 Å². The lowest BCUT2D eigenvalue weighted by Crippen LogP contribution is -2.40. The van der Waals surface area contributed by atoms with E-state index in [1.165, 1.54) is 6.07 Å². The molecule has 7 heteroatoms. The molecule has 3 atom stereocenters. The van der Waals surface area contributed by atoms with Crippen molar-refractivity contribution in [2.75, 3.05) is 5.32 Å². The number of hydrogen-bond acceptors (Lipinski definition) is 3. The monoisotopic (exact) mass is 504 g/mol. The van der Waals surface area contributed by atoms with Crippen molar-refractivity contribution in [3.63, 3.8) is 0 Å². The maximum absolute atomic E-state index is 14.3. The zero-order valence-corrected chi connectivity index (χ0v) is 20.2. The zero-order valence-electron chi connectivity index (χ0n) is 19.5. The number of aliphatic imine (C=N–C) groups is 1. The standard InChI is InChI=1S/C29H23ClF2N2O2/c1-16-26(29(36)34-23-12-11-19(31)15-22(23)32)27(20-9-5-6-10-21(20)30)28-24(33-16)13-18(14-25(28)35)17-7-3-2-4-8-17/h2-12,15,18,26-27H,13-14H2,1H3,(H,34,36)/t18-,26?,27-/m0/s1. The van der Waals surface area contributed by atoms with Crippen LogP contribution < -0.4 is 5.32 Å². The van der Waals surface area contributed by atoms with Gasteiger partial charge in [-0.15, -0.1) is 0 Å². The Morgan fingerprint density at radius 3 is 2.44 bits per heavy atom. The van der Waals surface area contributed by atoms with Crippen LogP contribution in [0.2, 0.25) is 5.02 Å². The molecule has 1 amide bonds. The molecule has 1 aliphatic carbocycles. The van der Waals surface area contributed by atoms with Gasteiger partial charge in [0.2, 0.25) is 5.91 Å². The van der Waals surface area contributed by atoms with Gasteiger partial charge in [-0.2, -0.15) is 0 Å². The van der Waals surface area contributed by atoms with Crippen molar-refractivity contribution in [2.45, 2.75) is 31.6 Å². The zero-order chi connectivity index (χ0) is 25.4. The lowest BCUT2D eigenvalue weighted by Gasteiger charge is -2.37. The Morgan fingerprint density at radius 2 is 1.72 bits per heavy atom. The molecule has 0 saturated heterocycles. The third kappa shape index (κ3) is 4.49. The quantitative estimate of drug-likeness (QED) is 0.423. The first-order valence-corrected chi connectivity index (χ1v) is 12.1. The van der Waals surface area contributed by atoms with Crippen LogP contribution in [0, 0.1) is 17.6 Å². The van der Waals surface area contributed by atoms with Crippen LogP contribution in [0.4, 0.5) is 14.5 Å². The van der Waals surface area contributed by atoms with Crippen LogP contribution in [-0.4, -0.2) is 17.4 Å². The van der Waals surface area contributed by atoms with E-state index in [-0.39, 0.29) is 17.4 Å². The number of Topliss-reactive ketones (excluding diaryl/α,β-unsaturated/α-hetero) is 1. The highest BCUT2D eigenvalue weighted by Gasteiger charge is 2.44. The summed E-state index contributed by atoms with van der Waals surface area (Å²) in [6.45, 7) is 1.73. The van der Waals surface area contributed by atoms with Gasteiger partial charge < -0.3 is 5.32 Å². The Bertz CT molecular complexity index is 1420. The van der Waals surface area contributed by atoms with E-state index in [1.54, 1.807) is 31.2 Å². The first kappa shape index (κ1) is 24.1. The summed E-state index contributed by atoms with van der Waals surface area (Å²) in [4.78, 5) is 31.9. The highest BCUT2D eigenvalue weighted by molar-refractivity contribution is 6.31. The van der Waals surface area contributed by atoms with Gasteiger partial charge in [0.05, 0.1) is 11.6 Å². The summed E-state index contributed by atoms with van der Waals surface area (Å²) in [5.41, 5.74) is 3.17. The maximum atomic E-state index is 14.3. The SMILES string of the molecule is CC1=NC2=C(C(=O)C[C@@H](c3ccccc3)C2)[C@@H](c2ccccc2Cl)C1C(=O)Nc1ccc(F)cc1F. The van der Waals surface area contributed by atoms with E-state index in [1.807, 2.05) is 30.3 Å². The number of hydrogen-bond donors (Lipinski definition) is 1. The molecule has 0 spiro atoms. The number of carbonyl (C=O) groups excluding carboxylic acids is 2. The minimum Gasteiger partial charge on any atom is -0.323 e. The number of carbonyl (C=O) groups is 2. The molecule has 4 nitrogen and oxygen atoms in total. The first-order chi connectivity index (χ1) is 17.3. The Balaban J connectivity index is 1.57. The van der Waals surface area contributed by atoms with Gasteiger partial charge in [-0.1, -0.05) is 60.1 Å². The van der Waals surface area contributed by atoms with E-state index >= 15 is 0 Å². The second-order valence-electron chi connectivity index (χ2n) is 9.14. The number of anilines is 1. The van der Waals surface area contributed by atoms with Crippen molar-refractivity contribution < 1.29 is 18.4 Å². The maximum Gasteiger partial charge on any atom is 0.234 e. The Kier molecular flexibility index (Phi) is 6.54. The van der Waals surface area contributed by atoms with Gasteiger partial charge in [0, 0.05) is 40.4 Å². The van der Waals surface area contributed by atoms with Gasteiger partial charge in [-0.3, -0.25) is 14.6 Å². The summed E-state index contributed by atoms with van der Waals surface area (Å²) in [7, 11) is 0. The van der Waals surface area contributed by atoms with E-state index in [4.69, 9.17) is 16.6 Å². The van der Waals surface area contributed by atoms with Crippen molar-refractivity contribution in [3.8, 4) is 0 Å². The number of nitrogens with one attached hydrogen (secondary N) is 1. The Morgan fingerprint density at radius 1 is 1.00 bits per heavy atom. The average molecular weight is 505 g/mol. The lowest BCUT2D eigenvalue weighted by molar-refractivity contribution is -0.119. The predicted molar refractivity (Wildman–Crippen MR) is 136 cm³/mol. The number of allylic oxidation sites excluding steroid dienone is 2. The van der Waals surface area contributed by atoms with Crippen LogP contribution in [0.5, 0.6) is 0 Å². The minimum absolute atomic E-state index is 0.0143. The molecule has 5 rings (SSSR count). The van der Waals surface area contributed by atoms with Crippen molar-refractivity contribution >= 4 is 34.7 Å². The molecule has 1 aliphatic heterocycles. The van der Waals surface area contributed by atoms with Crippen molar-refractivity contribution in [1.82, 2.24) is 0 Å². The van der Waals surface area contributed by atoms with Crippen LogP contribution in [0.15, 0.2) is 89.1 Å². The van der Waals surface area contributed by atoms with E-state index in [0.29, 0.717) is 46.5 Å². The molecule has 0 fully saturated rings. The molecule has 0 radical (unpaired) electrons. The van der Waals surface area contributed by atoms with Crippen LogP contribution in [0.1, 0.15) is 42.7 Å². The summed E-state index contributed by atoms with van der Waals surface area (Å²) in [5, 5.41) is 2.99. The van der Waals surface area contributed by atoms with Gasteiger partial charge in [0.1, 0.15) is 11.6 Å². The molecule has 2 aliphatic rings. The van der Waals surface area contributed by atoms with Crippen LogP contribution in [0.25, 0.3) is 0 Å². The van der Waals surface area contributed by atoms with Crippen LogP contribution >= 0.6 is 11.6 Å². The first-order valence-electron chi connectivity index (χ1n) is 11.7. The van der Waals surface area contributed by atoms with Crippen molar-refractivity contribution in [1.29, 1.82) is 0 Å². The van der Waals surface area contributed by atoms with Gasteiger partial charge in [0.15, 0.2) is 5.78 Å². The average Bonchev–Trinajstić information content (AvgIpc) is 2.85. The molecule has 182 valence electrons. The third-order valence-electron chi connectivity index (χ3n) is 6.87. The van der Waals surface area contributed by atoms with E-state index in [0.717, 1.165) is 11.6 Å². The molecular formula is C29H23ClF2N2O2. The summed E-state index contributed by atoms with van der Waals surface area (Å²) in [5.74, 6) is -3.86. The Hall–Kier alpha value is -3.64. The largest absolute Gasteiger partial charge is 0.323 e. The molecule has 0 aromatic heterocycles. The molecule has 1 unspecified atom stereocenters. The summed E-state index contributed by atoms with van der Waals surface area (Å²) < 4.78 is 27.7. The number of halogens is 3. The fourth-order valence-electron chi connectivity index (χ4n) is 5.23. The molecule has 0 saturated carbocycles. The van der Waals surface area contributed by atoms with Crippen LogP contribution in [0.3, 0.4) is 0 Å².